The lowest BCUT2D eigenvalue weighted by Crippen LogP contribution is -2.03. The van der Waals surface area contributed by atoms with E-state index in [4.69, 9.17) is 5.73 Å². The van der Waals surface area contributed by atoms with Gasteiger partial charge in [-0.3, -0.25) is 0 Å². The van der Waals surface area contributed by atoms with E-state index in [0.717, 1.165) is 12.8 Å². The van der Waals surface area contributed by atoms with Crippen LogP contribution in [0.3, 0.4) is 0 Å². The van der Waals surface area contributed by atoms with E-state index < -0.39 is 0 Å². The van der Waals surface area contributed by atoms with Crippen molar-refractivity contribution in [2.75, 3.05) is 0 Å². The number of rotatable bonds is 4. The zero-order chi connectivity index (χ0) is 13.5. The zero-order valence-electron chi connectivity index (χ0n) is 11.7. The van der Waals surface area contributed by atoms with Crippen molar-refractivity contribution in [1.29, 1.82) is 0 Å². The molecule has 1 heteroatoms. The Morgan fingerprint density at radius 1 is 1.28 bits per heavy atom. The molecule has 1 aliphatic rings. The molecule has 0 radical (unpaired) electrons. The Balaban J connectivity index is 3.17. The molecule has 96 valence electrons. The van der Waals surface area contributed by atoms with Crippen molar-refractivity contribution < 1.29 is 0 Å². The Kier molecular flexibility index (Phi) is 5.44. The van der Waals surface area contributed by atoms with Crippen LogP contribution in [-0.2, 0) is 0 Å². The summed E-state index contributed by atoms with van der Waals surface area (Å²) in [5.41, 5.74) is 12.0. The van der Waals surface area contributed by atoms with Crippen molar-refractivity contribution in [3.8, 4) is 0 Å². The largest absolute Gasteiger partial charge is 0.405 e. The second-order valence-corrected chi connectivity index (χ2v) is 4.51. The van der Waals surface area contributed by atoms with Gasteiger partial charge in [-0.2, -0.15) is 0 Å². The third kappa shape index (κ3) is 3.13. The maximum Gasteiger partial charge on any atom is -0.00609 e. The fourth-order valence-corrected chi connectivity index (χ4v) is 2.29. The van der Waals surface area contributed by atoms with Crippen LogP contribution in [0.1, 0.15) is 33.6 Å². The van der Waals surface area contributed by atoms with Crippen LogP contribution >= 0.6 is 0 Å². The van der Waals surface area contributed by atoms with Gasteiger partial charge in [-0.05, 0) is 62.1 Å². The van der Waals surface area contributed by atoms with Crippen LogP contribution in [0.25, 0.3) is 0 Å². The highest BCUT2D eigenvalue weighted by molar-refractivity contribution is 5.59. The van der Waals surface area contributed by atoms with E-state index in [0.29, 0.717) is 0 Å². The van der Waals surface area contributed by atoms with Crippen molar-refractivity contribution in [1.82, 2.24) is 0 Å². The molecule has 0 atom stereocenters. The first-order valence-corrected chi connectivity index (χ1v) is 6.38. The standard InChI is InChI=1S/C17H23N/c1-5-9-17-13(3)12-15(10-7-8-11-18)14(4)16(17)6-2/h5-6,8-11H,2,7,12,18H2,1,3-4H3/b9-5-,11-8-,15-10?. The van der Waals surface area contributed by atoms with E-state index in [9.17, 15) is 0 Å². The maximum absolute atomic E-state index is 5.36. The normalized spacial score (nSPS) is 19.6. The molecule has 18 heavy (non-hydrogen) atoms. The minimum atomic E-state index is 0.889. The van der Waals surface area contributed by atoms with Crippen LogP contribution in [-0.4, -0.2) is 0 Å². The van der Waals surface area contributed by atoms with E-state index in [-0.39, 0.29) is 0 Å². The predicted molar refractivity (Wildman–Crippen MR) is 81.1 cm³/mol. The quantitative estimate of drug-likeness (QED) is 0.766. The average Bonchev–Trinajstić information content (AvgIpc) is 2.36. The first-order valence-electron chi connectivity index (χ1n) is 6.38. The van der Waals surface area contributed by atoms with Gasteiger partial charge in [0.25, 0.3) is 0 Å². The molecule has 0 saturated heterocycles. The summed E-state index contributed by atoms with van der Waals surface area (Å²) in [6.45, 7) is 10.4. The Morgan fingerprint density at radius 3 is 2.56 bits per heavy atom. The molecule has 0 amide bonds. The molecule has 0 aromatic rings. The lowest BCUT2D eigenvalue weighted by Gasteiger charge is -2.22. The highest BCUT2D eigenvalue weighted by atomic mass is 14.5. The smallest absolute Gasteiger partial charge is 0.00609 e. The molecular formula is C17H23N. The number of hydrogen-bond acceptors (Lipinski definition) is 1. The third-order valence-electron chi connectivity index (χ3n) is 3.27. The Hall–Kier alpha value is -1.76. The Bertz CT molecular complexity index is 468. The highest BCUT2D eigenvalue weighted by Crippen LogP contribution is 2.35. The zero-order valence-corrected chi connectivity index (χ0v) is 11.7. The second-order valence-electron chi connectivity index (χ2n) is 4.51. The van der Waals surface area contributed by atoms with Crippen LogP contribution in [0, 0.1) is 0 Å². The lowest BCUT2D eigenvalue weighted by molar-refractivity contribution is 1.03. The highest BCUT2D eigenvalue weighted by Gasteiger charge is 2.16. The summed E-state index contributed by atoms with van der Waals surface area (Å²) < 4.78 is 0. The fourth-order valence-electron chi connectivity index (χ4n) is 2.29. The van der Waals surface area contributed by atoms with Gasteiger partial charge in [-0.25, -0.2) is 0 Å². The van der Waals surface area contributed by atoms with Crippen molar-refractivity contribution >= 4 is 0 Å². The first kappa shape index (κ1) is 14.3. The summed E-state index contributed by atoms with van der Waals surface area (Å²) in [7, 11) is 0. The van der Waals surface area contributed by atoms with Crippen LogP contribution in [0.15, 0.2) is 71.0 Å². The maximum atomic E-state index is 5.36. The summed E-state index contributed by atoms with van der Waals surface area (Å²) in [5.74, 6) is 0. The van der Waals surface area contributed by atoms with Crippen molar-refractivity contribution in [3.05, 3.63) is 71.0 Å². The molecule has 1 nitrogen and oxygen atoms in total. The molecule has 0 aromatic heterocycles. The van der Waals surface area contributed by atoms with Gasteiger partial charge < -0.3 is 5.73 Å². The molecule has 2 N–H and O–H groups in total. The van der Waals surface area contributed by atoms with Gasteiger partial charge in [-0.1, -0.05) is 42.5 Å². The van der Waals surface area contributed by atoms with Gasteiger partial charge in [0, 0.05) is 0 Å². The van der Waals surface area contributed by atoms with E-state index in [1.54, 1.807) is 6.20 Å². The molecule has 0 aliphatic heterocycles. The van der Waals surface area contributed by atoms with Crippen molar-refractivity contribution in [2.24, 2.45) is 5.73 Å². The van der Waals surface area contributed by atoms with Gasteiger partial charge in [0.05, 0.1) is 0 Å². The molecule has 1 aliphatic carbocycles. The summed E-state index contributed by atoms with van der Waals surface area (Å²) in [5, 5.41) is 0. The Morgan fingerprint density at radius 2 is 2.00 bits per heavy atom. The summed E-state index contributed by atoms with van der Waals surface area (Å²) in [6.07, 6.45) is 13.9. The van der Waals surface area contributed by atoms with Crippen LogP contribution in [0.5, 0.6) is 0 Å². The number of allylic oxidation sites excluding steroid dienone is 10. The SMILES string of the molecule is C=CC1=C(C)C(=CC/C=C\N)CC(C)=C1/C=C\C. The monoisotopic (exact) mass is 241 g/mol. The van der Waals surface area contributed by atoms with E-state index in [1.807, 2.05) is 19.1 Å². The topological polar surface area (TPSA) is 26.0 Å². The van der Waals surface area contributed by atoms with Gasteiger partial charge in [0.1, 0.15) is 0 Å². The van der Waals surface area contributed by atoms with Gasteiger partial charge in [-0.15, -0.1) is 0 Å². The molecule has 0 aromatic carbocycles. The average molecular weight is 241 g/mol. The minimum Gasteiger partial charge on any atom is -0.405 e. The van der Waals surface area contributed by atoms with Gasteiger partial charge in [0.15, 0.2) is 0 Å². The summed E-state index contributed by atoms with van der Waals surface area (Å²) in [6, 6.07) is 0. The van der Waals surface area contributed by atoms with E-state index >= 15 is 0 Å². The van der Waals surface area contributed by atoms with Crippen LogP contribution in [0.4, 0.5) is 0 Å². The summed E-state index contributed by atoms with van der Waals surface area (Å²) >= 11 is 0. The molecule has 0 bridgehead atoms. The number of hydrogen-bond donors (Lipinski definition) is 1. The van der Waals surface area contributed by atoms with Gasteiger partial charge in [0.2, 0.25) is 0 Å². The first-order chi connectivity index (χ1) is 8.65. The van der Waals surface area contributed by atoms with Crippen molar-refractivity contribution in [2.45, 2.75) is 33.6 Å². The van der Waals surface area contributed by atoms with E-state index in [1.165, 1.54) is 27.9 Å². The Labute approximate surface area is 111 Å². The van der Waals surface area contributed by atoms with Crippen LogP contribution < -0.4 is 5.73 Å². The van der Waals surface area contributed by atoms with E-state index in [2.05, 4.69) is 38.7 Å². The second kappa shape index (κ2) is 6.85. The summed E-state index contributed by atoms with van der Waals surface area (Å²) in [4.78, 5) is 0. The lowest BCUT2D eigenvalue weighted by atomic mass is 9.83. The fraction of sp³-hybridized carbons (Fsp3) is 0.294. The molecule has 0 fully saturated rings. The molecular weight excluding hydrogens is 218 g/mol. The molecule has 0 saturated carbocycles. The van der Waals surface area contributed by atoms with Crippen molar-refractivity contribution in [3.63, 3.8) is 0 Å². The number of nitrogens with two attached hydrogens (primary N) is 1. The van der Waals surface area contributed by atoms with Crippen LogP contribution in [0.2, 0.25) is 0 Å². The molecule has 0 unspecified atom stereocenters. The van der Waals surface area contributed by atoms with Gasteiger partial charge >= 0.3 is 0 Å². The molecule has 0 heterocycles. The molecule has 0 spiro atoms. The minimum absolute atomic E-state index is 0.889. The third-order valence-corrected chi connectivity index (χ3v) is 3.27. The molecule has 1 rings (SSSR count). The predicted octanol–water partition coefficient (Wildman–Crippen LogP) is 4.57.